The summed E-state index contributed by atoms with van der Waals surface area (Å²) in [4.78, 5) is 4.28. The van der Waals surface area contributed by atoms with E-state index in [4.69, 9.17) is 4.74 Å². The van der Waals surface area contributed by atoms with Crippen LogP contribution in [0.15, 0.2) is 10.9 Å². The Kier molecular flexibility index (Phi) is 4.75. The van der Waals surface area contributed by atoms with Crippen molar-refractivity contribution in [3.05, 3.63) is 16.6 Å². The molecule has 4 heteroatoms. The minimum absolute atomic E-state index is 0.465. The second-order valence-electron chi connectivity index (χ2n) is 4.36. The lowest BCUT2D eigenvalue weighted by Crippen LogP contribution is -2.38. The fraction of sp³-hybridized carbons (Fsp3) is 0.750. The third kappa shape index (κ3) is 3.54. The van der Waals surface area contributed by atoms with Crippen molar-refractivity contribution in [2.45, 2.75) is 51.3 Å². The van der Waals surface area contributed by atoms with Gasteiger partial charge in [0.05, 0.1) is 17.3 Å². The normalized spacial score (nSPS) is 25.8. The van der Waals surface area contributed by atoms with Crippen molar-refractivity contribution >= 4 is 11.3 Å². The summed E-state index contributed by atoms with van der Waals surface area (Å²) in [5, 5.41) is 5.68. The molecule has 2 heterocycles. The predicted molar refractivity (Wildman–Crippen MR) is 66.6 cm³/mol. The van der Waals surface area contributed by atoms with Crippen LogP contribution in [0.3, 0.4) is 0 Å². The Morgan fingerprint density at radius 1 is 1.62 bits per heavy atom. The molecule has 0 saturated carbocycles. The highest BCUT2D eigenvalue weighted by Gasteiger charge is 2.21. The van der Waals surface area contributed by atoms with Crippen LogP contribution in [0.5, 0.6) is 0 Å². The second kappa shape index (κ2) is 6.33. The summed E-state index contributed by atoms with van der Waals surface area (Å²) in [6.45, 7) is 4.02. The van der Waals surface area contributed by atoms with Crippen LogP contribution < -0.4 is 5.32 Å². The predicted octanol–water partition coefficient (Wildman–Crippen LogP) is 2.58. The number of nitrogens with one attached hydrogen (secondary N) is 1. The van der Waals surface area contributed by atoms with Crippen molar-refractivity contribution < 1.29 is 4.74 Å². The SMILES string of the molecule is CCCC1CC(NCc2cscn2)CCO1. The molecule has 1 aliphatic heterocycles. The zero-order valence-corrected chi connectivity index (χ0v) is 10.6. The fourth-order valence-electron chi connectivity index (χ4n) is 2.16. The number of thiazole rings is 1. The van der Waals surface area contributed by atoms with Gasteiger partial charge in [0.25, 0.3) is 0 Å². The quantitative estimate of drug-likeness (QED) is 0.859. The van der Waals surface area contributed by atoms with E-state index in [1.54, 1.807) is 11.3 Å². The first-order valence-electron chi connectivity index (χ1n) is 6.10. The molecule has 0 aromatic carbocycles. The summed E-state index contributed by atoms with van der Waals surface area (Å²) < 4.78 is 5.73. The van der Waals surface area contributed by atoms with E-state index in [0.29, 0.717) is 12.1 Å². The molecular weight excluding hydrogens is 220 g/mol. The maximum atomic E-state index is 5.73. The molecule has 2 unspecified atom stereocenters. The van der Waals surface area contributed by atoms with Gasteiger partial charge in [-0.3, -0.25) is 0 Å². The smallest absolute Gasteiger partial charge is 0.0795 e. The van der Waals surface area contributed by atoms with Gasteiger partial charge < -0.3 is 10.1 Å². The highest BCUT2D eigenvalue weighted by Crippen LogP contribution is 2.18. The molecule has 1 N–H and O–H groups in total. The Balaban J connectivity index is 1.72. The van der Waals surface area contributed by atoms with E-state index in [0.717, 1.165) is 31.7 Å². The van der Waals surface area contributed by atoms with Gasteiger partial charge in [-0.25, -0.2) is 4.98 Å². The summed E-state index contributed by atoms with van der Waals surface area (Å²) in [7, 11) is 0. The van der Waals surface area contributed by atoms with Gasteiger partial charge in [-0.05, 0) is 19.3 Å². The van der Waals surface area contributed by atoms with E-state index >= 15 is 0 Å². The third-order valence-electron chi connectivity index (χ3n) is 3.03. The minimum Gasteiger partial charge on any atom is -0.378 e. The van der Waals surface area contributed by atoms with Gasteiger partial charge in [0.1, 0.15) is 0 Å². The highest BCUT2D eigenvalue weighted by atomic mass is 32.1. The van der Waals surface area contributed by atoms with Crippen LogP contribution in [-0.4, -0.2) is 23.7 Å². The van der Waals surface area contributed by atoms with Crippen LogP contribution >= 0.6 is 11.3 Å². The first-order chi connectivity index (χ1) is 7.88. The molecule has 0 spiro atoms. The van der Waals surface area contributed by atoms with Gasteiger partial charge in [-0.1, -0.05) is 13.3 Å². The molecule has 0 aliphatic carbocycles. The largest absolute Gasteiger partial charge is 0.378 e. The number of rotatable bonds is 5. The summed E-state index contributed by atoms with van der Waals surface area (Å²) in [5.41, 5.74) is 3.05. The molecule has 0 bridgehead atoms. The molecule has 1 saturated heterocycles. The van der Waals surface area contributed by atoms with Gasteiger partial charge in [-0.15, -0.1) is 11.3 Å². The van der Waals surface area contributed by atoms with Gasteiger partial charge in [0.2, 0.25) is 0 Å². The van der Waals surface area contributed by atoms with Gasteiger partial charge >= 0.3 is 0 Å². The van der Waals surface area contributed by atoms with E-state index in [1.807, 2.05) is 5.51 Å². The van der Waals surface area contributed by atoms with Crippen molar-refractivity contribution in [2.24, 2.45) is 0 Å². The van der Waals surface area contributed by atoms with Crippen molar-refractivity contribution in [3.8, 4) is 0 Å². The molecule has 16 heavy (non-hydrogen) atoms. The topological polar surface area (TPSA) is 34.2 Å². The highest BCUT2D eigenvalue weighted by molar-refractivity contribution is 7.07. The first-order valence-corrected chi connectivity index (χ1v) is 7.04. The summed E-state index contributed by atoms with van der Waals surface area (Å²) in [6, 6.07) is 0.604. The molecule has 1 aliphatic rings. The van der Waals surface area contributed by atoms with Gasteiger partial charge in [0, 0.05) is 24.6 Å². The minimum atomic E-state index is 0.465. The molecule has 2 atom stereocenters. The van der Waals surface area contributed by atoms with E-state index in [9.17, 15) is 0 Å². The standard InChI is InChI=1S/C12H20N2OS/c1-2-3-12-6-10(4-5-15-12)13-7-11-8-16-9-14-11/h8-10,12-13H,2-7H2,1H3. The molecule has 0 amide bonds. The molecule has 1 aromatic heterocycles. The maximum absolute atomic E-state index is 5.73. The Hall–Kier alpha value is -0.450. The monoisotopic (exact) mass is 240 g/mol. The van der Waals surface area contributed by atoms with Crippen molar-refractivity contribution in [1.29, 1.82) is 0 Å². The van der Waals surface area contributed by atoms with E-state index in [2.05, 4.69) is 22.6 Å². The van der Waals surface area contributed by atoms with Crippen molar-refractivity contribution in [1.82, 2.24) is 10.3 Å². The Bertz CT molecular complexity index is 287. The van der Waals surface area contributed by atoms with E-state index in [1.165, 1.54) is 12.8 Å². The van der Waals surface area contributed by atoms with Crippen LogP contribution in [0, 0.1) is 0 Å². The second-order valence-corrected chi connectivity index (χ2v) is 5.08. The lowest BCUT2D eigenvalue weighted by Gasteiger charge is -2.30. The Morgan fingerprint density at radius 2 is 2.56 bits per heavy atom. The fourth-order valence-corrected chi connectivity index (χ4v) is 2.72. The van der Waals surface area contributed by atoms with Crippen molar-refractivity contribution in [3.63, 3.8) is 0 Å². The van der Waals surface area contributed by atoms with Crippen LogP contribution in [0.2, 0.25) is 0 Å². The van der Waals surface area contributed by atoms with E-state index < -0.39 is 0 Å². The Morgan fingerprint density at radius 3 is 3.31 bits per heavy atom. The average molecular weight is 240 g/mol. The van der Waals surface area contributed by atoms with Crippen molar-refractivity contribution in [2.75, 3.05) is 6.61 Å². The first kappa shape index (κ1) is 12.0. The Labute approximate surface area is 101 Å². The van der Waals surface area contributed by atoms with Crippen LogP contribution in [0.25, 0.3) is 0 Å². The van der Waals surface area contributed by atoms with Crippen LogP contribution in [-0.2, 0) is 11.3 Å². The zero-order valence-electron chi connectivity index (χ0n) is 9.82. The summed E-state index contributed by atoms with van der Waals surface area (Å²) >= 11 is 1.66. The lowest BCUT2D eigenvalue weighted by molar-refractivity contribution is -0.00347. The lowest BCUT2D eigenvalue weighted by atomic mass is 10.00. The van der Waals surface area contributed by atoms with Crippen LogP contribution in [0.1, 0.15) is 38.3 Å². The molecule has 3 nitrogen and oxygen atoms in total. The summed E-state index contributed by atoms with van der Waals surface area (Å²) in [5.74, 6) is 0. The molecule has 1 fully saturated rings. The number of aromatic nitrogens is 1. The third-order valence-corrected chi connectivity index (χ3v) is 3.67. The maximum Gasteiger partial charge on any atom is 0.0795 e. The van der Waals surface area contributed by atoms with Gasteiger partial charge in [0.15, 0.2) is 0 Å². The number of ether oxygens (including phenoxy) is 1. The van der Waals surface area contributed by atoms with Crippen LogP contribution in [0.4, 0.5) is 0 Å². The number of hydrogen-bond donors (Lipinski definition) is 1. The molecular formula is C12H20N2OS. The molecule has 2 rings (SSSR count). The number of nitrogens with zero attached hydrogens (tertiary/aromatic N) is 1. The molecule has 0 radical (unpaired) electrons. The molecule has 1 aromatic rings. The van der Waals surface area contributed by atoms with Gasteiger partial charge in [-0.2, -0.15) is 0 Å². The number of hydrogen-bond acceptors (Lipinski definition) is 4. The molecule has 90 valence electrons. The van der Waals surface area contributed by atoms with E-state index in [-0.39, 0.29) is 0 Å². The summed E-state index contributed by atoms with van der Waals surface area (Å²) in [6.07, 6.45) is 5.15. The zero-order chi connectivity index (χ0) is 11.2. The average Bonchev–Trinajstić information content (AvgIpc) is 2.80.